The standard InChI is InChI=1S/C48H30N4O/c1-3-13-31(14-4-1)35-26-27-43-47(46(35)32-15-5-2-6-16-32)38-25-23-33(29-39(38)48-50-40-18-8-10-20-42(40)52(43)48)53-34-22-24-37-36-17-7-9-19-41(36)51(44(37)30-34)45-21-11-12-28-49-45/h1-30H. The Balaban J connectivity index is 1.17. The number of imidazole rings is 1. The Morgan fingerprint density at radius 3 is 1.94 bits per heavy atom. The molecule has 0 amide bonds. The van der Waals surface area contributed by atoms with E-state index in [2.05, 4.69) is 167 Å². The van der Waals surface area contributed by atoms with Crippen LogP contribution in [-0.4, -0.2) is 18.9 Å². The van der Waals surface area contributed by atoms with Gasteiger partial charge in [0.05, 0.1) is 27.6 Å². The minimum Gasteiger partial charge on any atom is -0.457 e. The smallest absolute Gasteiger partial charge is 0.146 e. The molecule has 0 atom stereocenters. The van der Waals surface area contributed by atoms with Gasteiger partial charge in [0.25, 0.3) is 0 Å². The molecule has 5 heteroatoms. The predicted octanol–water partition coefficient (Wildman–Crippen LogP) is 12.4. The van der Waals surface area contributed by atoms with Gasteiger partial charge >= 0.3 is 0 Å². The molecule has 0 N–H and O–H groups in total. The number of rotatable bonds is 5. The highest BCUT2D eigenvalue weighted by molar-refractivity contribution is 6.21. The number of ether oxygens (including phenoxy) is 1. The van der Waals surface area contributed by atoms with E-state index in [1.54, 1.807) is 0 Å². The van der Waals surface area contributed by atoms with Crippen LogP contribution in [0.25, 0.3) is 88.2 Å². The summed E-state index contributed by atoms with van der Waals surface area (Å²) in [5.41, 5.74) is 10.9. The number of para-hydroxylation sites is 3. The van der Waals surface area contributed by atoms with Gasteiger partial charge in [0.1, 0.15) is 23.0 Å². The molecule has 4 heterocycles. The van der Waals surface area contributed by atoms with Gasteiger partial charge in [0.2, 0.25) is 0 Å². The number of benzene rings is 7. The second-order valence-electron chi connectivity index (χ2n) is 13.4. The van der Waals surface area contributed by atoms with Crippen molar-refractivity contribution in [2.45, 2.75) is 0 Å². The van der Waals surface area contributed by atoms with E-state index < -0.39 is 0 Å². The molecule has 0 unspecified atom stereocenters. The molecule has 0 aliphatic carbocycles. The van der Waals surface area contributed by atoms with Crippen molar-refractivity contribution in [3.8, 4) is 39.6 Å². The first-order valence-electron chi connectivity index (χ1n) is 17.8. The zero-order valence-electron chi connectivity index (χ0n) is 28.5. The number of hydrogen-bond donors (Lipinski definition) is 0. The largest absolute Gasteiger partial charge is 0.457 e. The highest BCUT2D eigenvalue weighted by Crippen LogP contribution is 2.44. The van der Waals surface area contributed by atoms with Gasteiger partial charge < -0.3 is 4.74 Å². The topological polar surface area (TPSA) is 44.3 Å². The molecule has 0 radical (unpaired) electrons. The molecule has 11 rings (SSSR count). The summed E-state index contributed by atoms with van der Waals surface area (Å²) in [6, 6.07) is 61.5. The monoisotopic (exact) mass is 678 g/mol. The van der Waals surface area contributed by atoms with Crippen LogP contribution in [0.3, 0.4) is 0 Å². The van der Waals surface area contributed by atoms with Gasteiger partial charge in [-0.15, -0.1) is 0 Å². The highest BCUT2D eigenvalue weighted by Gasteiger charge is 2.21. The van der Waals surface area contributed by atoms with E-state index in [1.807, 2.05) is 24.4 Å². The summed E-state index contributed by atoms with van der Waals surface area (Å²) in [5.74, 6) is 2.36. The first kappa shape index (κ1) is 29.5. The zero-order valence-corrected chi connectivity index (χ0v) is 28.5. The van der Waals surface area contributed by atoms with Crippen molar-refractivity contribution in [2.24, 2.45) is 0 Å². The van der Waals surface area contributed by atoms with Gasteiger partial charge in [-0.2, -0.15) is 0 Å². The summed E-state index contributed by atoms with van der Waals surface area (Å²) >= 11 is 0. The third kappa shape index (κ3) is 4.57. The van der Waals surface area contributed by atoms with E-state index in [-0.39, 0.29) is 0 Å². The van der Waals surface area contributed by atoms with Gasteiger partial charge in [-0.25, -0.2) is 9.97 Å². The van der Waals surface area contributed by atoms with Gasteiger partial charge in [-0.05, 0) is 94.4 Å². The Bertz CT molecular complexity index is 3180. The molecule has 0 spiro atoms. The van der Waals surface area contributed by atoms with Gasteiger partial charge in [-0.1, -0.05) is 103 Å². The molecule has 248 valence electrons. The number of aromatic nitrogens is 4. The van der Waals surface area contributed by atoms with E-state index in [1.165, 1.54) is 33.0 Å². The van der Waals surface area contributed by atoms with Crippen molar-refractivity contribution in [3.63, 3.8) is 0 Å². The summed E-state index contributed by atoms with van der Waals surface area (Å²) in [7, 11) is 0. The molecule has 0 fully saturated rings. The Morgan fingerprint density at radius 2 is 1.13 bits per heavy atom. The Morgan fingerprint density at radius 1 is 0.453 bits per heavy atom. The molecule has 0 aliphatic rings. The molecule has 7 aromatic carbocycles. The third-order valence-corrected chi connectivity index (χ3v) is 10.4. The van der Waals surface area contributed by atoms with Crippen LogP contribution in [0.1, 0.15) is 0 Å². The van der Waals surface area contributed by atoms with Crippen molar-refractivity contribution in [1.29, 1.82) is 0 Å². The fourth-order valence-electron chi connectivity index (χ4n) is 8.14. The van der Waals surface area contributed by atoms with Crippen molar-refractivity contribution in [2.75, 3.05) is 0 Å². The van der Waals surface area contributed by atoms with Crippen LogP contribution < -0.4 is 4.74 Å². The van der Waals surface area contributed by atoms with E-state index >= 15 is 0 Å². The second kappa shape index (κ2) is 11.7. The Hall–Kier alpha value is -7.24. The lowest BCUT2D eigenvalue weighted by Crippen LogP contribution is -1.97. The first-order chi connectivity index (χ1) is 26.3. The molecule has 0 saturated carbocycles. The fourth-order valence-corrected chi connectivity index (χ4v) is 8.14. The molecule has 53 heavy (non-hydrogen) atoms. The lowest BCUT2D eigenvalue weighted by atomic mass is 9.89. The van der Waals surface area contributed by atoms with Crippen LogP contribution in [0.2, 0.25) is 0 Å². The second-order valence-corrected chi connectivity index (χ2v) is 13.4. The SMILES string of the molecule is c1ccc(-c2ccc3c(c2-c2ccccc2)c2ccc(Oc4ccc5c6ccccc6n(-c6ccccn6)c5c4)cc2c2nc4ccccc4n32)cc1. The molecule has 4 aromatic heterocycles. The van der Waals surface area contributed by atoms with Gasteiger partial charge in [0.15, 0.2) is 0 Å². The van der Waals surface area contributed by atoms with Crippen molar-refractivity contribution in [1.82, 2.24) is 18.9 Å². The summed E-state index contributed by atoms with van der Waals surface area (Å²) in [6.07, 6.45) is 1.83. The van der Waals surface area contributed by atoms with Crippen molar-refractivity contribution >= 4 is 60.2 Å². The van der Waals surface area contributed by atoms with E-state index in [0.29, 0.717) is 0 Å². The lowest BCUT2D eigenvalue weighted by molar-refractivity contribution is 0.484. The average Bonchev–Trinajstić information content (AvgIpc) is 3.78. The molecule has 11 aromatic rings. The first-order valence-corrected chi connectivity index (χ1v) is 17.8. The minimum atomic E-state index is 0.742. The van der Waals surface area contributed by atoms with Gasteiger partial charge in [-0.3, -0.25) is 8.97 Å². The minimum absolute atomic E-state index is 0.742. The van der Waals surface area contributed by atoms with Crippen LogP contribution in [0, 0.1) is 0 Å². The predicted molar refractivity (Wildman–Crippen MR) is 217 cm³/mol. The lowest BCUT2D eigenvalue weighted by Gasteiger charge is -2.18. The Labute approximate surface area is 304 Å². The summed E-state index contributed by atoms with van der Waals surface area (Å²) in [6.45, 7) is 0. The maximum Gasteiger partial charge on any atom is 0.146 e. The maximum absolute atomic E-state index is 6.75. The summed E-state index contributed by atoms with van der Waals surface area (Å²) in [4.78, 5) is 9.94. The molecule has 5 nitrogen and oxygen atoms in total. The van der Waals surface area contributed by atoms with Crippen LogP contribution in [0.15, 0.2) is 182 Å². The van der Waals surface area contributed by atoms with E-state index in [0.717, 1.165) is 66.7 Å². The number of nitrogens with zero attached hydrogens (tertiary/aromatic N) is 4. The molecule has 0 saturated heterocycles. The average molecular weight is 679 g/mol. The van der Waals surface area contributed by atoms with Crippen LogP contribution in [0.5, 0.6) is 11.5 Å². The van der Waals surface area contributed by atoms with E-state index in [4.69, 9.17) is 14.7 Å². The normalized spacial score (nSPS) is 11.8. The number of fused-ring (bicyclic) bond motifs is 11. The molecule has 0 aliphatic heterocycles. The molecule has 0 bridgehead atoms. The summed E-state index contributed by atoms with van der Waals surface area (Å²) in [5, 5.41) is 5.65. The quantitative estimate of drug-likeness (QED) is 0.170. The number of pyridine rings is 2. The zero-order chi connectivity index (χ0) is 34.9. The summed E-state index contributed by atoms with van der Waals surface area (Å²) < 4.78 is 11.3. The van der Waals surface area contributed by atoms with Gasteiger partial charge in [0, 0.05) is 33.8 Å². The Kier molecular flexibility index (Phi) is 6.48. The van der Waals surface area contributed by atoms with Crippen LogP contribution in [0.4, 0.5) is 0 Å². The van der Waals surface area contributed by atoms with E-state index in [9.17, 15) is 0 Å². The third-order valence-electron chi connectivity index (χ3n) is 10.4. The number of hydrogen-bond acceptors (Lipinski definition) is 3. The van der Waals surface area contributed by atoms with Crippen molar-refractivity contribution < 1.29 is 4.74 Å². The fraction of sp³-hybridized carbons (Fsp3) is 0. The molecular weight excluding hydrogens is 649 g/mol. The van der Waals surface area contributed by atoms with Crippen molar-refractivity contribution in [3.05, 3.63) is 182 Å². The molecular formula is C48H30N4O. The highest BCUT2D eigenvalue weighted by atomic mass is 16.5. The van der Waals surface area contributed by atoms with Crippen LogP contribution in [-0.2, 0) is 0 Å². The van der Waals surface area contributed by atoms with Crippen LogP contribution >= 0.6 is 0 Å². The maximum atomic E-state index is 6.75.